The largest absolute Gasteiger partial charge is 0.288 e. The third-order valence-corrected chi connectivity index (χ3v) is 2.15. The van der Waals surface area contributed by atoms with E-state index >= 15 is 0 Å². The van der Waals surface area contributed by atoms with Gasteiger partial charge in [0.2, 0.25) is 0 Å². The Morgan fingerprint density at radius 1 is 1.91 bits per heavy atom. The van der Waals surface area contributed by atoms with E-state index in [1.807, 2.05) is 0 Å². The fraction of sp³-hybridized carbons (Fsp3) is 0.200. The molecule has 5 nitrogen and oxygen atoms in total. The molecular weight excluding hydrogens is 214 g/mol. The molecule has 1 aromatic rings. The molecule has 0 aliphatic heterocycles. The number of amides is 1. The van der Waals surface area contributed by atoms with Gasteiger partial charge in [0.25, 0.3) is 5.91 Å². The van der Waals surface area contributed by atoms with Gasteiger partial charge in [0.15, 0.2) is 0 Å². The average Bonchev–Trinajstić information content (AvgIpc) is 2.32. The average molecular weight is 220 g/mol. The Kier molecular flexibility index (Phi) is 2.25. The van der Waals surface area contributed by atoms with Crippen molar-refractivity contribution in [2.75, 3.05) is 0 Å². The second-order valence-electron chi connectivity index (χ2n) is 1.91. The number of hydrogen-bond acceptors (Lipinski definition) is 3. The molecule has 60 valence electrons. The Labute approximate surface area is 71.1 Å². The predicted octanol–water partition coefficient (Wildman–Crippen LogP) is 0.302. The molecule has 1 heterocycles. The van der Waals surface area contributed by atoms with Crippen molar-refractivity contribution in [3.05, 3.63) is 16.4 Å². The maximum Gasteiger partial charge on any atom is 0.279 e. The van der Waals surface area contributed by atoms with Crippen LogP contribution in [-0.2, 0) is 7.05 Å². The van der Waals surface area contributed by atoms with E-state index in [9.17, 15) is 4.79 Å². The molecule has 0 aliphatic rings. The summed E-state index contributed by atoms with van der Waals surface area (Å²) in [7, 11) is 1.68. The van der Waals surface area contributed by atoms with Crippen LogP contribution in [-0.4, -0.2) is 20.9 Å². The highest BCUT2D eigenvalue weighted by molar-refractivity contribution is 9.10. The van der Waals surface area contributed by atoms with Crippen LogP contribution in [0, 0.1) is 0 Å². The van der Waals surface area contributed by atoms with Gasteiger partial charge in [0, 0.05) is 7.05 Å². The molecule has 0 atom stereocenters. The molecule has 0 fully saturated rings. The number of nitrogens with zero attached hydrogens (tertiary/aromatic N) is 2. The van der Waals surface area contributed by atoms with Crippen LogP contribution < -0.4 is 5.48 Å². The standard InChI is InChI=1S/C5H6BrN3O2/c1-9-4(6)3(2-7-9)5(10)8-11/h2,11H,1H3,(H,8,10). The summed E-state index contributed by atoms with van der Waals surface area (Å²) in [4.78, 5) is 10.8. The molecule has 0 saturated carbocycles. The lowest BCUT2D eigenvalue weighted by atomic mass is 10.3. The van der Waals surface area contributed by atoms with Gasteiger partial charge in [-0.1, -0.05) is 0 Å². The Balaban J connectivity index is 3.04. The molecular formula is C5H6BrN3O2. The topological polar surface area (TPSA) is 67.2 Å². The second kappa shape index (κ2) is 3.02. The van der Waals surface area contributed by atoms with Crippen LogP contribution in [0.3, 0.4) is 0 Å². The summed E-state index contributed by atoms with van der Waals surface area (Å²) in [5.41, 5.74) is 1.81. The van der Waals surface area contributed by atoms with Crippen molar-refractivity contribution in [2.24, 2.45) is 7.05 Å². The van der Waals surface area contributed by atoms with Gasteiger partial charge in [0.05, 0.1) is 11.8 Å². The molecule has 0 unspecified atom stereocenters. The SMILES string of the molecule is Cn1ncc(C(=O)NO)c1Br. The van der Waals surface area contributed by atoms with Gasteiger partial charge in [-0.3, -0.25) is 14.7 Å². The van der Waals surface area contributed by atoms with Crippen LogP contribution in [0.4, 0.5) is 0 Å². The van der Waals surface area contributed by atoms with Crippen molar-refractivity contribution >= 4 is 21.8 Å². The van der Waals surface area contributed by atoms with Gasteiger partial charge >= 0.3 is 0 Å². The number of hydrogen-bond donors (Lipinski definition) is 2. The maximum absolute atomic E-state index is 10.8. The lowest BCUT2D eigenvalue weighted by Gasteiger charge is -1.94. The predicted molar refractivity (Wildman–Crippen MR) is 40.2 cm³/mol. The number of hydroxylamine groups is 1. The number of carbonyl (C=O) groups is 1. The summed E-state index contributed by atoms with van der Waals surface area (Å²) >= 11 is 3.12. The zero-order chi connectivity index (χ0) is 8.43. The first kappa shape index (κ1) is 8.22. The smallest absolute Gasteiger partial charge is 0.279 e. The summed E-state index contributed by atoms with van der Waals surface area (Å²) in [5, 5.41) is 12.0. The van der Waals surface area contributed by atoms with Crippen molar-refractivity contribution in [3.63, 3.8) is 0 Å². The van der Waals surface area contributed by atoms with E-state index in [2.05, 4.69) is 21.0 Å². The number of carbonyl (C=O) groups excluding carboxylic acids is 1. The Bertz CT molecular complexity index is 283. The highest BCUT2D eigenvalue weighted by Crippen LogP contribution is 2.13. The normalized spacial score (nSPS) is 9.73. The van der Waals surface area contributed by atoms with Crippen LogP contribution >= 0.6 is 15.9 Å². The van der Waals surface area contributed by atoms with E-state index in [-0.39, 0.29) is 0 Å². The van der Waals surface area contributed by atoms with E-state index in [0.717, 1.165) is 0 Å². The van der Waals surface area contributed by atoms with Crippen molar-refractivity contribution in [1.29, 1.82) is 0 Å². The minimum atomic E-state index is -0.579. The van der Waals surface area contributed by atoms with E-state index in [0.29, 0.717) is 10.2 Å². The molecule has 0 spiro atoms. The van der Waals surface area contributed by atoms with Gasteiger partial charge in [-0.05, 0) is 15.9 Å². The van der Waals surface area contributed by atoms with Crippen LogP contribution in [0.25, 0.3) is 0 Å². The lowest BCUT2D eigenvalue weighted by molar-refractivity contribution is 0.0705. The molecule has 1 amide bonds. The fourth-order valence-electron chi connectivity index (χ4n) is 0.635. The first-order chi connectivity index (χ1) is 5.16. The summed E-state index contributed by atoms with van der Waals surface area (Å²) in [5.74, 6) is -0.579. The van der Waals surface area contributed by atoms with E-state index in [1.54, 1.807) is 7.05 Å². The molecule has 0 bridgehead atoms. The van der Waals surface area contributed by atoms with Crippen molar-refractivity contribution in [1.82, 2.24) is 15.3 Å². The molecule has 0 aromatic carbocycles. The number of nitrogens with one attached hydrogen (secondary N) is 1. The minimum Gasteiger partial charge on any atom is -0.288 e. The summed E-state index contributed by atoms with van der Waals surface area (Å²) in [6, 6.07) is 0. The minimum absolute atomic E-state index is 0.301. The first-order valence-corrected chi connectivity index (χ1v) is 3.58. The lowest BCUT2D eigenvalue weighted by Crippen LogP contribution is -2.18. The number of halogens is 1. The molecule has 0 saturated heterocycles. The quantitative estimate of drug-likeness (QED) is 0.528. The maximum atomic E-state index is 10.8. The number of aryl methyl sites for hydroxylation is 1. The Morgan fingerprint density at radius 2 is 2.55 bits per heavy atom. The highest BCUT2D eigenvalue weighted by Gasteiger charge is 2.12. The Morgan fingerprint density at radius 3 is 2.91 bits per heavy atom. The van der Waals surface area contributed by atoms with Crippen molar-refractivity contribution in [2.45, 2.75) is 0 Å². The van der Waals surface area contributed by atoms with Crippen LogP contribution in [0.1, 0.15) is 10.4 Å². The summed E-state index contributed by atoms with van der Waals surface area (Å²) in [6.45, 7) is 0. The van der Waals surface area contributed by atoms with E-state index in [1.165, 1.54) is 16.4 Å². The molecule has 6 heteroatoms. The highest BCUT2D eigenvalue weighted by atomic mass is 79.9. The third kappa shape index (κ3) is 1.41. The molecule has 11 heavy (non-hydrogen) atoms. The summed E-state index contributed by atoms with van der Waals surface area (Å²) in [6.07, 6.45) is 1.36. The van der Waals surface area contributed by atoms with Crippen molar-refractivity contribution < 1.29 is 10.0 Å². The van der Waals surface area contributed by atoms with Crippen molar-refractivity contribution in [3.8, 4) is 0 Å². The Hall–Kier alpha value is -0.880. The molecule has 0 aliphatic carbocycles. The zero-order valence-corrected chi connectivity index (χ0v) is 7.29. The van der Waals surface area contributed by atoms with Gasteiger partial charge in [-0.15, -0.1) is 0 Å². The van der Waals surface area contributed by atoms with Gasteiger partial charge in [-0.2, -0.15) is 5.10 Å². The second-order valence-corrected chi connectivity index (χ2v) is 2.66. The fourth-order valence-corrected chi connectivity index (χ4v) is 1.01. The summed E-state index contributed by atoms with van der Waals surface area (Å²) < 4.78 is 2.01. The molecule has 2 N–H and O–H groups in total. The van der Waals surface area contributed by atoms with E-state index in [4.69, 9.17) is 5.21 Å². The zero-order valence-electron chi connectivity index (χ0n) is 5.71. The number of aromatic nitrogens is 2. The van der Waals surface area contributed by atoms with Crippen LogP contribution in [0.2, 0.25) is 0 Å². The number of rotatable bonds is 1. The van der Waals surface area contributed by atoms with Gasteiger partial charge < -0.3 is 0 Å². The van der Waals surface area contributed by atoms with Crippen LogP contribution in [0.5, 0.6) is 0 Å². The van der Waals surface area contributed by atoms with Gasteiger partial charge in [-0.25, -0.2) is 5.48 Å². The van der Waals surface area contributed by atoms with E-state index < -0.39 is 5.91 Å². The molecule has 0 radical (unpaired) electrons. The van der Waals surface area contributed by atoms with Gasteiger partial charge in [0.1, 0.15) is 4.60 Å². The first-order valence-electron chi connectivity index (χ1n) is 2.78. The monoisotopic (exact) mass is 219 g/mol. The molecule has 1 rings (SSSR count). The van der Waals surface area contributed by atoms with Crippen LogP contribution in [0.15, 0.2) is 10.8 Å². The third-order valence-electron chi connectivity index (χ3n) is 1.21. The molecule has 1 aromatic heterocycles.